The fourth-order valence-corrected chi connectivity index (χ4v) is 2.94. The fraction of sp³-hybridized carbons (Fsp3) is 0.300. The largest absolute Gasteiger partial charge is 0.494 e. The molecular formula is C20H21FN2O3. The van der Waals surface area contributed by atoms with Crippen molar-refractivity contribution in [3.05, 3.63) is 53.8 Å². The van der Waals surface area contributed by atoms with Crippen molar-refractivity contribution in [1.29, 1.82) is 0 Å². The van der Waals surface area contributed by atoms with Gasteiger partial charge in [0.1, 0.15) is 11.6 Å². The smallest absolute Gasteiger partial charge is 0.229 e. The Morgan fingerprint density at radius 3 is 2.65 bits per heavy atom. The molecule has 0 saturated carbocycles. The van der Waals surface area contributed by atoms with Crippen LogP contribution in [0.1, 0.15) is 18.9 Å². The molecule has 3 rings (SSSR count). The summed E-state index contributed by atoms with van der Waals surface area (Å²) in [4.78, 5) is 26.3. The first-order valence-electron chi connectivity index (χ1n) is 8.58. The highest BCUT2D eigenvalue weighted by atomic mass is 19.1. The molecule has 1 fully saturated rings. The van der Waals surface area contributed by atoms with E-state index in [1.807, 2.05) is 6.92 Å². The summed E-state index contributed by atoms with van der Waals surface area (Å²) in [6, 6.07) is 11.8. The van der Waals surface area contributed by atoms with Crippen LogP contribution in [0.4, 0.5) is 15.8 Å². The van der Waals surface area contributed by atoms with Crippen LogP contribution in [0.25, 0.3) is 0 Å². The van der Waals surface area contributed by atoms with Gasteiger partial charge >= 0.3 is 0 Å². The van der Waals surface area contributed by atoms with Gasteiger partial charge in [-0.3, -0.25) is 9.59 Å². The lowest BCUT2D eigenvalue weighted by atomic mass is 10.1. The molecule has 5 nitrogen and oxygen atoms in total. The minimum absolute atomic E-state index is 0.107. The van der Waals surface area contributed by atoms with Gasteiger partial charge in [0.2, 0.25) is 11.8 Å². The van der Waals surface area contributed by atoms with Crippen molar-refractivity contribution < 1.29 is 18.7 Å². The zero-order valence-corrected chi connectivity index (χ0v) is 14.8. The second-order valence-electron chi connectivity index (χ2n) is 6.29. The zero-order chi connectivity index (χ0) is 18.7. The number of ether oxygens (including phenoxy) is 1. The Labute approximate surface area is 151 Å². The molecule has 0 bridgehead atoms. The van der Waals surface area contributed by atoms with Gasteiger partial charge in [-0.15, -0.1) is 0 Å². The summed E-state index contributed by atoms with van der Waals surface area (Å²) >= 11 is 0. The SMILES string of the molecule is CCOc1ccc(N2C[C@@H](C(=O)Nc3ccc(C)c(F)c3)CC2=O)cc1. The average Bonchev–Trinajstić information content (AvgIpc) is 3.01. The third-order valence-corrected chi connectivity index (χ3v) is 4.39. The molecule has 2 aromatic carbocycles. The number of anilines is 2. The van der Waals surface area contributed by atoms with Crippen molar-refractivity contribution in [2.75, 3.05) is 23.4 Å². The Balaban J connectivity index is 1.66. The minimum atomic E-state index is -0.474. The molecular weight excluding hydrogens is 335 g/mol. The van der Waals surface area contributed by atoms with Gasteiger partial charge in [-0.2, -0.15) is 0 Å². The number of carbonyl (C=O) groups is 2. The number of nitrogens with one attached hydrogen (secondary N) is 1. The number of hydrogen-bond acceptors (Lipinski definition) is 3. The van der Waals surface area contributed by atoms with E-state index in [0.29, 0.717) is 24.4 Å². The number of halogens is 1. The van der Waals surface area contributed by atoms with Gasteiger partial charge in [0, 0.05) is 24.3 Å². The molecule has 6 heteroatoms. The molecule has 1 atom stereocenters. The zero-order valence-electron chi connectivity index (χ0n) is 14.8. The third kappa shape index (κ3) is 3.85. The van der Waals surface area contributed by atoms with Crippen LogP contribution in [-0.2, 0) is 9.59 Å². The number of aryl methyl sites for hydroxylation is 1. The van der Waals surface area contributed by atoms with E-state index >= 15 is 0 Å². The van der Waals surface area contributed by atoms with E-state index in [0.717, 1.165) is 11.4 Å². The number of benzene rings is 2. The van der Waals surface area contributed by atoms with Crippen molar-refractivity contribution in [2.45, 2.75) is 20.3 Å². The predicted octanol–water partition coefficient (Wildman–Crippen LogP) is 3.52. The van der Waals surface area contributed by atoms with E-state index in [2.05, 4.69) is 5.32 Å². The standard InChI is InChI=1S/C20H21FN2O3/c1-3-26-17-8-6-16(7-9-17)23-12-14(10-19(23)24)20(25)22-15-5-4-13(2)18(21)11-15/h4-9,11,14H,3,10,12H2,1-2H3,(H,22,25)/t14-/m0/s1. The van der Waals surface area contributed by atoms with Crippen LogP contribution in [-0.4, -0.2) is 25.0 Å². The molecule has 1 aliphatic rings. The monoisotopic (exact) mass is 356 g/mol. The molecule has 1 aliphatic heterocycles. The summed E-state index contributed by atoms with van der Waals surface area (Å²) in [5.41, 5.74) is 1.64. The van der Waals surface area contributed by atoms with Gasteiger partial charge in [-0.25, -0.2) is 4.39 Å². The van der Waals surface area contributed by atoms with E-state index in [1.54, 1.807) is 48.2 Å². The maximum absolute atomic E-state index is 13.6. The lowest BCUT2D eigenvalue weighted by molar-refractivity contribution is -0.122. The lowest BCUT2D eigenvalue weighted by Crippen LogP contribution is -2.28. The molecule has 2 amide bonds. The molecule has 0 spiro atoms. The average molecular weight is 356 g/mol. The molecule has 2 aromatic rings. The molecule has 0 aromatic heterocycles. The third-order valence-electron chi connectivity index (χ3n) is 4.39. The van der Waals surface area contributed by atoms with E-state index in [-0.39, 0.29) is 24.1 Å². The first kappa shape index (κ1) is 17.9. The maximum atomic E-state index is 13.6. The van der Waals surface area contributed by atoms with Crippen molar-refractivity contribution in [3.8, 4) is 5.75 Å². The van der Waals surface area contributed by atoms with Crippen LogP contribution in [0.15, 0.2) is 42.5 Å². The number of amides is 2. The van der Waals surface area contributed by atoms with Gasteiger partial charge in [-0.1, -0.05) is 6.07 Å². The number of rotatable bonds is 5. The molecule has 0 unspecified atom stereocenters. The fourth-order valence-electron chi connectivity index (χ4n) is 2.94. The van der Waals surface area contributed by atoms with E-state index in [4.69, 9.17) is 4.74 Å². The Kier molecular flexibility index (Phi) is 5.21. The first-order chi connectivity index (χ1) is 12.5. The van der Waals surface area contributed by atoms with E-state index in [1.165, 1.54) is 6.07 Å². The summed E-state index contributed by atoms with van der Waals surface area (Å²) in [6.45, 7) is 4.43. The highest BCUT2D eigenvalue weighted by molar-refractivity contribution is 6.03. The Bertz CT molecular complexity index is 820. The second-order valence-corrected chi connectivity index (χ2v) is 6.29. The van der Waals surface area contributed by atoms with Crippen molar-refractivity contribution in [3.63, 3.8) is 0 Å². The van der Waals surface area contributed by atoms with Gasteiger partial charge in [-0.05, 0) is 55.8 Å². The second kappa shape index (κ2) is 7.56. The molecule has 0 aliphatic carbocycles. The molecule has 1 heterocycles. The number of hydrogen-bond donors (Lipinski definition) is 1. The minimum Gasteiger partial charge on any atom is -0.494 e. The molecule has 1 saturated heterocycles. The van der Waals surface area contributed by atoms with Gasteiger partial charge < -0.3 is 15.0 Å². The maximum Gasteiger partial charge on any atom is 0.229 e. The van der Waals surface area contributed by atoms with Gasteiger partial charge in [0.05, 0.1) is 12.5 Å². The van der Waals surface area contributed by atoms with E-state index < -0.39 is 5.92 Å². The van der Waals surface area contributed by atoms with Crippen LogP contribution >= 0.6 is 0 Å². The van der Waals surface area contributed by atoms with Crippen molar-refractivity contribution in [1.82, 2.24) is 0 Å². The van der Waals surface area contributed by atoms with Crippen LogP contribution in [0.3, 0.4) is 0 Å². The summed E-state index contributed by atoms with van der Waals surface area (Å²) < 4.78 is 19.0. The summed E-state index contributed by atoms with van der Waals surface area (Å²) in [6.07, 6.45) is 0.132. The van der Waals surface area contributed by atoms with E-state index in [9.17, 15) is 14.0 Å². The summed E-state index contributed by atoms with van der Waals surface area (Å²) in [5, 5.41) is 2.69. The van der Waals surface area contributed by atoms with Crippen LogP contribution in [0.2, 0.25) is 0 Å². The molecule has 1 N–H and O–H groups in total. The quantitative estimate of drug-likeness (QED) is 0.892. The highest BCUT2D eigenvalue weighted by Gasteiger charge is 2.35. The van der Waals surface area contributed by atoms with Crippen molar-refractivity contribution >= 4 is 23.2 Å². The first-order valence-corrected chi connectivity index (χ1v) is 8.58. The molecule has 136 valence electrons. The highest BCUT2D eigenvalue weighted by Crippen LogP contribution is 2.27. The molecule has 0 radical (unpaired) electrons. The summed E-state index contributed by atoms with van der Waals surface area (Å²) in [5.74, 6) is -0.502. The van der Waals surface area contributed by atoms with Crippen LogP contribution in [0.5, 0.6) is 5.75 Å². The van der Waals surface area contributed by atoms with Gasteiger partial charge in [0.25, 0.3) is 0 Å². The topological polar surface area (TPSA) is 58.6 Å². The summed E-state index contributed by atoms with van der Waals surface area (Å²) in [7, 11) is 0. The Morgan fingerprint density at radius 2 is 2.00 bits per heavy atom. The lowest BCUT2D eigenvalue weighted by Gasteiger charge is -2.17. The Hall–Kier alpha value is -2.89. The number of nitrogens with zero attached hydrogens (tertiary/aromatic N) is 1. The van der Waals surface area contributed by atoms with Crippen LogP contribution < -0.4 is 15.0 Å². The normalized spacial score (nSPS) is 16.7. The predicted molar refractivity (Wildman–Crippen MR) is 97.8 cm³/mol. The Morgan fingerprint density at radius 1 is 1.27 bits per heavy atom. The number of carbonyl (C=O) groups excluding carboxylic acids is 2. The van der Waals surface area contributed by atoms with Gasteiger partial charge in [0.15, 0.2) is 0 Å². The molecule has 26 heavy (non-hydrogen) atoms. The van der Waals surface area contributed by atoms with Crippen molar-refractivity contribution in [2.24, 2.45) is 5.92 Å². The van der Waals surface area contributed by atoms with Crippen LogP contribution in [0, 0.1) is 18.7 Å².